The molecule has 0 saturated carbocycles. The topological polar surface area (TPSA) is 29.5 Å². The van der Waals surface area contributed by atoms with Gasteiger partial charge in [0.25, 0.3) is 0 Å². The largest absolute Gasteiger partial charge is 0.465 e. The van der Waals surface area contributed by atoms with Crippen LogP contribution >= 0.6 is 0 Å². The van der Waals surface area contributed by atoms with E-state index < -0.39 is 24.7 Å². The molecule has 3 nitrogen and oxygen atoms in total. The molecule has 0 radical (unpaired) electrons. The number of likely N-dealkylation sites (N-methyl/N-ethyl adjacent to an activating group) is 1. The summed E-state index contributed by atoms with van der Waals surface area (Å²) in [6, 6.07) is -0.813. The van der Waals surface area contributed by atoms with Crippen molar-refractivity contribution in [3.05, 3.63) is 0 Å². The van der Waals surface area contributed by atoms with Crippen molar-refractivity contribution in [1.29, 1.82) is 0 Å². The Balaban J connectivity index is 4.45. The summed E-state index contributed by atoms with van der Waals surface area (Å²) in [6.45, 7) is 2.52. The van der Waals surface area contributed by atoms with Crippen molar-refractivity contribution in [2.45, 2.75) is 38.9 Å². The summed E-state index contributed by atoms with van der Waals surface area (Å²) in [5, 5.41) is 0. The lowest BCUT2D eigenvalue weighted by Crippen LogP contribution is -2.44. The van der Waals surface area contributed by atoms with Gasteiger partial charge in [0.15, 0.2) is 0 Å². The van der Waals surface area contributed by atoms with E-state index in [0.29, 0.717) is 12.8 Å². The minimum absolute atomic E-state index is 0.179. The Morgan fingerprint density at radius 1 is 1.38 bits per heavy atom. The molecule has 0 spiro atoms. The van der Waals surface area contributed by atoms with Crippen molar-refractivity contribution in [2.24, 2.45) is 0 Å². The van der Waals surface area contributed by atoms with E-state index in [2.05, 4.69) is 0 Å². The molecule has 0 rings (SSSR count). The van der Waals surface area contributed by atoms with Gasteiger partial charge in [-0.1, -0.05) is 13.3 Å². The quantitative estimate of drug-likeness (QED) is 0.668. The monoisotopic (exact) mass is 241 g/mol. The number of alkyl halides is 3. The average Bonchev–Trinajstić information content (AvgIpc) is 2.11. The Kier molecular flexibility index (Phi) is 6.40. The molecule has 0 saturated heterocycles. The molecule has 6 heteroatoms. The second-order valence-corrected chi connectivity index (χ2v) is 3.59. The Morgan fingerprint density at radius 2 is 1.94 bits per heavy atom. The lowest BCUT2D eigenvalue weighted by molar-refractivity contribution is -0.162. The molecular formula is C10H18F3NO2. The molecule has 0 aromatic rings. The lowest BCUT2D eigenvalue weighted by atomic mass is 10.1. The summed E-state index contributed by atoms with van der Waals surface area (Å²) in [5.74, 6) is -0.587. The first-order valence-corrected chi connectivity index (χ1v) is 5.25. The third-order valence-corrected chi connectivity index (χ3v) is 2.08. The lowest BCUT2D eigenvalue weighted by Gasteiger charge is -2.26. The number of hydrogen-bond acceptors (Lipinski definition) is 3. The summed E-state index contributed by atoms with van der Waals surface area (Å²) < 4.78 is 41.2. The van der Waals surface area contributed by atoms with Crippen LogP contribution in [0.4, 0.5) is 13.2 Å². The fourth-order valence-electron chi connectivity index (χ4n) is 1.42. The Labute approximate surface area is 93.6 Å². The van der Waals surface area contributed by atoms with Gasteiger partial charge in [0.05, 0.1) is 13.2 Å². The zero-order valence-corrected chi connectivity index (χ0v) is 9.80. The normalized spacial score (nSPS) is 13.9. The molecule has 0 bridgehead atoms. The van der Waals surface area contributed by atoms with E-state index in [1.807, 2.05) is 6.92 Å². The van der Waals surface area contributed by atoms with E-state index in [1.54, 1.807) is 6.92 Å². The van der Waals surface area contributed by atoms with Crippen LogP contribution in [0.25, 0.3) is 0 Å². The fourth-order valence-corrected chi connectivity index (χ4v) is 1.42. The molecule has 96 valence electrons. The van der Waals surface area contributed by atoms with Gasteiger partial charge in [0, 0.05) is 0 Å². The number of nitrogens with zero attached hydrogens (tertiary/aromatic N) is 1. The third-order valence-electron chi connectivity index (χ3n) is 2.08. The zero-order chi connectivity index (χ0) is 12.8. The summed E-state index contributed by atoms with van der Waals surface area (Å²) in [6.07, 6.45) is -3.30. The second kappa shape index (κ2) is 6.73. The van der Waals surface area contributed by atoms with Crippen LogP contribution in [0.1, 0.15) is 26.7 Å². The maximum absolute atomic E-state index is 12.2. The van der Waals surface area contributed by atoms with E-state index in [4.69, 9.17) is 4.74 Å². The third kappa shape index (κ3) is 5.95. The van der Waals surface area contributed by atoms with Gasteiger partial charge in [-0.05, 0) is 20.4 Å². The van der Waals surface area contributed by atoms with Crippen molar-refractivity contribution in [3.8, 4) is 0 Å². The van der Waals surface area contributed by atoms with Crippen molar-refractivity contribution < 1.29 is 22.7 Å². The number of ether oxygens (including phenoxy) is 1. The van der Waals surface area contributed by atoms with E-state index in [-0.39, 0.29) is 6.61 Å². The Hall–Kier alpha value is -0.780. The SMILES string of the molecule is CCCC(C(=O)OCC)N(C)CC(F)(F)F. The standard InChI is InChI=1S/C10H18F3NO2/c1-4-6-8(9(15)16-5-2)14(3)7-10(11,12)13/h8H,4-7H2,1-3H3. The Bertz CT molecular complexity index is 219. The predicted molar refractivity (Wildman–Crippen MR) is 54.0 cm³/mol. The predicted octanol–water partition coefficient (Wildman–Crippen LogP) is 2.21. The van der Waals surface area contributed by atoms with Gasteiger partial charge in [-0.2, -0.15) is 13.2 Å². The van der Waals surface area contributed by atoms with Crippen molar-refractivity contribution >= 4 is 5.97 Å². The molecule has 1 unspecified atom stereocenters. The van der Waals surface area contributed by atoms with Gasteiger partial charge in [-0.3, -0.25) is 9.69 Å². The van der Waals surface area contributed by atoms with Gasteiger partial charge < -0.3 is 4.74 Å². The molecule has 0 aromatic carbocycles. The maximum Gasteiger partial charge on any atom is 0.401 e. The molecular weight excluding hydrogens is 223 g/mol. The van der Waals surface area contributed by atoms with Crippen molar-refractivity contribution in [2.75, 3.05) is 20.2 Å². The highest BCUT2D eigenvalue weighted by molar-refractivity contribution is 5.75. The van der Waals surface area contributed by atoms with Gasteiger partial charge in [-0.25, -0.2) is 0 Å². The van der Waals surface area contributed by atoms with Crippen LogP contribution < -0.4 is 0 Å². The van der Waals surface area contributed by atoms with E-state index >= 15 is 0 Å². The van der Waals surface area contributed by atoms with E-state index in [0.717, 1.165) is 4.90 Å². The number of halogens is 3. The number of rotatable bonds is 6. The van der Waals surface area contributed by atoms with Gasteiger partial charge in [0.2, 0.25) is 0 Å². The average molecular weight is 241 g/mol. The number of carbonyl (C=O) groups is 1. The van der Waals surface area contributed by atoms with E-state index in [1.165, 1.54) is 7.05 Å². The molecule has 0 amide bonds. The van der Waals surface area contributed by atoms with Gasteiger partial charge >= 0.3 is 12.1 Å². The molecule has 1 atom stereocenters. The highest BCUT2D eigenvalue weighted by atomic mass is 19.4. The van der Waals surface area contributed by atoms with Crippen molar-refractivity contribution in [3.63, 3.8) is 0 Å². The Morgan fingerprint density at radius 3 is 2.31 bits per heavy atom. The van der Waals surface area contributed by atoms with Crippen LogP contribution in [-0.2, 0) is 9.53 Å². The molecule has 0 aliphatic rings. The minimum atomic E-state index is -4.30. The summed E-state index contributed by atoms with van der Waals surface area (Å²) >= 11 is 0. The highest BCUT2D eigenvalue weighted by Crippen LogP contribution is 2.18. The van der Waals surface area contributed by atoms with Gasteiger partial charge in [-0.15, -0.1) is 0 Å². The first-order chi connectivity index (χ1) is 7.31. The van der Waals surface area contributed by atoms with E-state index in [9.17, 15) is 18.0 Å². The van der Waals surface area contributed by atoms with Crippen LogP contribution in [-0.4, -0.2) is 43.3 Å². The molecule has 0 aliphatic carbocycles. The minimum Gasteiger partial charge on any atom is -0.465 e. The van der Waals surface area contributed by atoms with Crippen LogP contribution in [0, 0.1) is 0 Å². The molecule has 0 fully saturated rings. The van der Waals surface area contributed by atoms with Crippen molar-refractivity contribution in [1.82, 2.24) is 4.90 Å². The van der Waals surface area contributed by atoms with Crippen LogP contribution in [0.5, 0.6) is 0 Å². The zero-order valence-electron chi connectivity index (χ0n) is 9.80. The summed E-state index contributed by atoms with van der Waals surface area (Å²) in [4.78, 5) is 12.4. The molecule has 0 aliphatic heterocycles. The van der Waals surface area contributed by atoms with Crippen LogP contribution in [0.2, 0.25) is 0 Å². The maximum atomic E-state index is 12.2. The summed E-state index contributed by atoms with van der Waals surface area (Å²) in [5.41, 5.74) is 0. The smallest absolute Gasteiger partial charge is 0.401 e. The highest BCUT2D eigenvalue weighted by Gasteiger charge is 2.34. The van der Waals surface area contributed by atoms with Crippen LogP contribution in [0.3, 0.4) is 0 Å². The number of esters is 1. The first kappa shape index (κ1) is 15.2. The summed E-state index contributed by atoms with van der Waals surface area (Å²) in [7, 11) is 1.28. The molecule has 0 aromatic heterocycles. The number of carbonyl (C=O) groups excluding carboxylic acids is 1. The first-order valence-electron chi connectivity index (χ1n) is 5.25. The number of hydrogen-bond donors (Lipinski definition) is 0. The molecule has 16 heavy (non-hydrogen) atoms. The second-order valence-electron chi connectivity index (χ2n) is 3.59. The fraction of sp³-hybridized carbons (Fsp3) is 0.900. The van der Waals surface area contributed by atoms with Gasteiger partial charge in [0.1, 0.15) is 6.04 Å². The van der Waals surface area contributed by atoms with Crippen LogP contribution in [0.15, 0.2) is 0 Å². The molecule has 0 N–H and O–H groups in total. The molecule has 0 heterocycles.